The Labute approximate surface area is 168 Å². The van der Waals surface area contributed by atoms with Gasteiger partial charge in [-0.25, -0.2) is 4.79 Å². The number of hydrogen-bond acceptors (Lipinski definition) is 3. The molecule has 3 N–H and O–H groups in total. The topological polar surface area (TPSA) is 79.5 Å². The van der Waals surface area contributed by atoms with Gasteiger partial charge in [0.15, 0.2) is 0 Å². The molecule has 0 saturated heterocycles. The number of alkyl halides is 3. The lowest BCUT2D eigenvalue weighted by atomic mass is 9.85. The molecule has 29 heavy (non-hydrogen) atoms. The molecule has 1 aromatic rings. The zero-order valence-corrected chi connectivity index (χ0v) is 16.9. The van der Waals surface area contributed by atoms with E-state index in [4.69, 9.17) is 4.74 Å². The zero-order chi connectivity index (χ0) is 21.6. The largest absolute Gasteiger partial charge is 0.497 e. The summed E-state index contributed by atoms with van der Waals surface area (Å²) in [6, 6.07) is 2.92. The molecule has 0 heterocycles. The van der Waals surface area contributed by atoms with E-state index in [-0.39, 0.29) is 41.8 Å². The Hall–Kier alpha value is -2.45. The fraction of sp³-hybridized carbons (Fsp3) is 0.600. The van der Waals surface area contributed by atoms with Crippen LogP contribution in [0.25, 0.3) is 0 Å². The van der Waals surface area contributed by atoms with E-state index in [1.807, 2.05) is 13.8 Å². The van der Waals surface area contributed by atoms with E-state index in [9.17, 15) is 22.8 Å². The van der Waals surface area contributed by atoms with Crippen LogP contribution in [0.3, 0.4) is 0 Å². The Kier molecular flexibility index (Phi) is 7.75. The van der Waals surface area contributed by atoms with Gasteiger partial charge in [0.2, 0.25) is 5.91 Å². The number of amides is 3. The number of ether oxygens (including phenoxy) is 1. The van der Waals surface area contributed by atoms with Gasteiger partial charge in [-0.2, -0.15) is 13.2 Å². The molecule has 0 bridgehead atoms. The molecule has 3 amide bonds. The number of benzene rings is 1. The molecule has 0 spiro atoms. The van der Waals surface area contributed by atoms with E-state index >= 15 is 0 Å². The molecule has 2 atom stereocenters. The van der Waals surface area contributed by atoms with Crippen molar-refractivity contribution in [3.05, 3.63) is 29.3 Å². The van der Waals surface area contributed by atoms with E-state index in [1.165, 1.54) is 19.2 Å². The SMILES string of the molecule is COc1ccc(CNC(=O)NC2CCCC(C(=O)NC(C)C)C2)c(C(F)(F)F)c1. The third kappa shape index (κ3) is 6.83. The van der Waals surface area contributed by atoms with E-state index in [1.54, 1.807) is 0 Å². The van der Waals surface area contributed by atoms with Crippen molar-refractivity contribution in [3.63, 3.8) is 0 Å². The first-order chi connectivity index (χ1) is 13.6. The predicted octanol–water partition coefficient (Wildman–Crippen LogP) is 3.60. The average Bonchev–Trinajstić information content (AvgIpc) is 2.65. The van der Waals surface area contributed by atoms with Crippen molar-refractivity contribution in [3.8, 4) is 5.75 Å². The Morgan fingerprint density at radius 2 is 1.97 bits per heavy atom. The van der Waals surface area contributed by atoms with E-state index < -0.39 is 17.8 Å². The van der Waals surface area contributed by atoms with Crippen molar-refractivity contribution in [2.45, 2.75) is 64.3 Å². The smallest absolute Gasteiger partial charge is 0.416 e. The van der Waals surface area contributed by atoms with Gasteiger partial charge in [-0.05, 0) is 50.8 Å². The molecule has 0 aromatic heterocycles. The lowest BCUT2D eigenvalue weighted by molar-refractivity contribution is -0.138. The maximum atomic E-state index is 13.2. The summed E-state index contributed by atoms with van der Waals surface area (Å²) in [6.45, 7) is 3.51. The van der Waals surface area contributed by atoms with Gasteiger partial charge in [0.05, 0.1) is 12.7 Å². The second-order valence-electron chi connectivity index (χ2n) is 7.57. The Balaban J connectivity index is 1.92. The van der Waals surface area contributed by atoms with Gasteiger partial charge in [0, 0.05) is 24.5 Å². The zero-order valence-electron chi connectivity index (χ0n) is 16.9. The number of rotatable bonds is 6. The van der Waals surface area contributed by atoms with Gasteiger partial charge in [-0.3, -0.25) is 4.79 Å². The molecule has 0 radical (unpaired) electrons. The lowest BCUT2D eigenvalue weighted by Gasteiger charge is -2.29. The van der Waals surface area contributed by atoms with Gasteiger partial charge >= 0.3 is 12.2 Å². The third-order valence-electron chi connectivity index (χ3n) is 4.87. The maximum absolute atomic E-state index is 13.2. The second kappa shape index (κ2) is 9.84. The van der Waals surface area contributed by atoms with Crippen molar-refractivity contribution in [1.29, 1.82) is 0 Å². The Morgan fingerprint density at radius 1 is 1.24 bits per heavy atom. The van der Waals surface area contributed by atoms with Crippen molar-refractivity contribution >= 4 is 11.9 Å². The first kappa shape index (κ1) is 22.8. The number of halogens is 3. The number of carbonyl (C=O) groups is 2. The van der Waals surface area contributed by atoms with Crippen LogP contribution in [-0.2, 0) is 17.5 Å². The molecule has 2 rings (SSSR count). The highest BCUT2D eigenvalue weighted by molar-refractivity contribution is 5.79. The third-order valence-corrected chi connectivity index (χ3v) is 4.87. The van der Waals surface area contributed by atoms with Gasteiger partial charge in [0.25, 0.3) is 0 Å². The van der Waals surface area contributed by atoms with Crippen molar-refractivity contribution in [2.75, 3.05) is 7.11 Å². The molecule has 1 aromatic carbocycles. The summed E-state index contributed by atoms with van der Waals surface area (Å²) >= 11 is 0. The van der Waals surface area contributed by atoms with Crippen molar-refractivity contribution in [1.82, 2.24) is 16.0 Å². The van der Waals surface area contributed by atoms with Gasteiger partial charge in [0.1, 0.15) is 5.75 Å². The first-order valence-electron chi connectivity index (χ1n) is 9.69. The highest BCUT2D eigenvalue weighted by Gasteiger charge is 2.34. The first-order valence-corrected chi connectivity index (χ1v) is 9.69. The maximum Gasteiger partial charge on any atom is 0.416 e. The van der Waals surface area contributed by atoms with E-state index in [2.05, 4.69) is 16.0 Å². The minimum absolute atomic E-state index is 0.0278. The molecule has 2 unspecified atom stereocenters. The molecule has 0 aliphatic heterocycles. The highest BCUT2D eigenvalue weighted by atomic mass is 19.4. The monoisotopic (exact) mass is 415 g/mol. The Morgan fingerprint density at radius 3 is 2.59 bits per heavy atom. The standard InChI is InChI=1S/C20H28F3N3O3/c1-12(2)25-18(27)13-5-4-6-15(9-13)26-19(28)24-11-14-7-8-16(29-3)10-17(14)20(21,22)23/h7-8,10,12-13,15H,4-6,9,11H2,1-3H3,(H,25,27)(H2,24,26,28). The molecule has 1 aliphatic carbocycles. The molecular formula is C20H28F3N3O3. The lowest BCUT2D eigenvalue weighted by Crippen LogP contribution is -2.46. The summed E-state index contributed by atoms with van der Waals surface area (Å²) in [7, 11) is 1.29. The van der Waals surface area contributed by atoms with Crippen LogP contribution in [0.1, 0.15) is 50.7 Å². The molecule has 1 saturated carbocycles. The molecule has 1 fully saturated rings. The molecular weight excluding hydrogens is 387 g/mol. The van der Waals surface area contributed by atoms with Gasteiger partial charge in [-0.1, -0.05) is 12.5 Å². The number of nitrogens with one attached hydrogen (secondary N) is 3. The molecule has 162 valence electrons. The van der Waals surface area contributed by atoms with Crippen LogP contribution < -0.4 is 20.7 Å². The van der Waals surface area contributed by atoms with Crippen LogP contribution in [0, 0.1) is 5.92 Å². The summed E-state index contributed by atoms with van der Waals surface area (Å²) in [6.07, 6.45) is -1.74. The fourth-order valence-electron chi connectivity index (χ4n) is 3.47. The second-order valence-corrected chi connectivity index (χ2v) is 7.57. The van der Waals surface area contributed by atoms with Gasteiger partial charge in [-0.15, -0.1) is 0 Å². The van der Waals surface area contributed by atoms with Crippen LogP contribution in [0.4, 0.5) is 18.0 Å². The summed E-state index contributed by atoms with van der Waals surface area (Å²) in [4.78, 5) is 24.4. The number of urea groups is 1. The quantitative estimate of drug-likeness (QED) is 0.664. The fourth-order valence-corrected chi connectivity index (χ4v) is 3.47. The predicted molar refractivity (Wildman–Crippen MR) is 102 cm³/mol. The van der Waals surface area contributed by atoms with Crippen LogP contribution in [0.5, 0.6) is 5.75 Å². The van der Waals surface area contributed by atoms with Crippen LogP contribution in [0.2, 0.25) is 0 Å². The van der Waals surface area contributed by atoms with Crippen molar-refractivity contribution < 1.29 is 27.5 Å². The summed E-state index contributed by atoms with van der Waals surface area (Å²) in [5.41, 5.74) is -0.897. The average molecular weight is 415 g/mol. The summed E-state index contributed by atoms with van der Waals surface area (Å²) in [5.74, 6) is -0.103. The van der Waals surface area contributed by atoms with Crippen LogP contribution >= 0.6 is 0 Å². The number of hydrogen-bond donors (Lipinski definition) is 3. The van der Waals surface area contributed by atoms with Crippen molar-refractivity contribution in [2.24, 2.45) is 5.92 Å². The molecule has 6 nitrogen and oxygen atoms in total. The van der Waals surface area contributed by atoms with E-state index in [0.717, 1.165) is 25.3 Å². The Bertz CT molecular complexity index is 723. The number of methoxy groups -OCH3 is 1. The molecule has 9 heteroatoms. The summed E-state index contributed by atoms with van der Waals surface area (Å²) in [5, 5.41) is 8.13. The minimum Gasteiger partial charge on any atom is -0.497 e. The highest BCUT2D eigenvalue weighted by Crippen LogP contribution is 2.34. The minimum atomic E-state index is -4.55. The molecule has 1 aliphatic rings. The normalized spacial score (nSPS) is 19.6. The van der Waals surface area contributed by atoms with E-state index in [0.29, 0.717) is 6.42 Å². The van der Waals surface area contributed by atoms with Crippen LogP contribution in [-0.4, -0.2) is 31.1 Å². The van der Waals surface area contributed by atoms with Crippen LogP contribution in [0.15, 0.2) is 18.2 Å². The van der Waals surface area contributed by atoms with Gasteiger partial charge < -0.3 is 20.7 Å². The number of carbonyl (C=O) groups excluding carboxylic acids is 2. The summed E-state index contributed by atoms with van der Waals surface area (Å²) < 4.78 is 44.6.